The number of rotatable bonds is 2. The predicted octanol–water partition coefficient (Wildman–Crippen LogP) is 4.57. The molecule has 0 spiro atoms. The highest BCUT2D eigenvalue weighted by molar-refractivity contribution is 9.10. The normalized spacial score (nSPS) is 10.3. The Morgan fingerprint density at radius 2 is 1.94 bits per heavy atom. The van der Waals surface area contributed by atoms with Crippen LogP contribution >= 0.6 is 27.5 Å². The fraction of sp³-hybridized carbons (Fsp3) is 0. The van der Waals surface area contributed by atoms with Crippen LogP contribution in [0, 0.1) is 5.82 Å². The first-order chi connectivity index (χ1) is 8.04. The number of hydrogen-bond acceptors (Lipinski definition) is 2. The van der Waals surface area contributed by atoms with Gasteiger partial charge in [0, 0.05) is 15.2 Å². The van der Waals surface area contributed by atoms with Crippen molar-refractivity contribution in [3.63, 3.8) is 0 Å². The third-order valence-electron chi connectivity index (χ3n) is 2.16. The van der Waals surface area contributed by atoms with Crippen LogP contribution in [-0.4, -0.2) is 0 Å². The molecule has 0 aliphatic carbocycles. The minimum atomic E-state index is -0.393. The Bertz CT molecular complexity index is 540. The molecule has 5 heteroatoms. The molecule has 3 N–H and O–H groups in total. The highest BCUT2D eigenvalue weighted by Crippen LogP contribution is 2.27. The van der Waals surface area contributed by atoms with E-state index < -0.39 is 5.82 Å². The summed E-state index contributed by atoms with van der Waals surface area (Å²) in [4.78, 5) is 0. The summed E-state index contributed by atoms with van der Waals surface area (Å²) >= 11 is 9.08. The quantitative estimate of drug-likeness (QED) is 0.797. The molecule has 2 aromatic rings. The van der Waals surface area contributed by atoms with Gasteiger partial charge in [0.15, 0.2) is 0 Å². The van der Waals surface area contributed by atoms with Crippen molar-refractivity contribution in [1.82, 2.24) is 0 Å². The van der Waals surface area contributed by atoms with E-state index in [1.54, 1.807) is 18.2 Å². The summed E-state index contributed by atoms with van der Waals surface area (Å²) in [6.45, 7) is 0. The van der Waals surface area contributed by atoms with E-state index in [1.807, 2.05) is 6.07 Å². The second-order valence-corrected chi connectivity index (χ2v) is 4.87. The zero-order valence-corrected chi connectivity index (χ0v) is 11.0. The van der Waals surface area contributed by atoms with Gasteiger partial charge in [0.1, 0.15) is 5.82 Å². The molecule has 0 saturated heterocycles. The van der Waals surface area contributed by atoms with Crippen molar-refractivity contribution >= 4 is 44.6 Å². The Labute approximate surface area is 112 Å². The lowest BCUT2D eigenvalue weighted by Gasteiger charge is -2.10. The van der Waals surface area contributed by atoms with Gasteiger partial charge in [-0.3, -0.25) is 0 Å². The van der Waals surface area contributed by atoms with Crippen LogP contribution in [0.1, 0.15) is 0 Å². The lowest BCUT2D eigenvalue weighted by molar-refractivity contribution is 0.628. The Kier molecular flexibility index (Phi) is 3.54. The molecule has 88 valence electrons. The molecule has 2 aromatic carbocycles. The molecule has 2 nitrogen and oxygen atoms in total. The van der Waals surface area contributed by atoms with Gasteiger partial charge in [-0.2, -0.15) is 0 Å². The maximum Gasteiger partial charge on any atom is 0.126 e. The van der Waals surface area contributed by atoms with Crippen LogP contribution < -0.4 is 11.1 Å². The van der Waals surface area contributed by atoms with E-state index in [1.165, 1.54) is 12.1 Å². The lowest BCUT2D eigenvalue weighted by Crippen LogP contribution is -1.96. The van der Waals surface area contributed by atoms with E-state index in [2.05, 4.69) is 21.2 Å². The standard InChI is InChI=1S/C12H9BrClFN2/c13-7-1-2-12(11(16)3-7)17-10-5-8(14)4-9(15)6-10/h1-6,17H,16H2. The summed E-state index contributed by atoms with van der Waals surface area (Å²) in [6, 6.07) is 9.65. The van der Waals surface area contributed by atoms with Crippen molar-refractivity contribution in [2.45, 2.75) is 0 Å². The van der Waals surface area contributed by atoms with Gasteiger partial charge in [0.2, 0.25) is 0 Å². The van der Waals surface area contributed by atoms with Crippen molar-refractivity contribution < 1.29 is 4.39 Å². The predicted molar refractivity (Wildman–Crippen MR) is 73.2 cm³/mol. The maximum atomic E-state index is 13.1. The molecule has 0 aromatic heterocycles. The maximum absolute atomic E-state index is 13.1. The molecular weight excluding hydrogens is 307 g/mol. The summed E-state index contributed by atoms with van der Waals surface area (Å²) < 4.78 is 14.0. The Hall–Kier alpha value is -1.26. The number of benzene rings is 2. The molecule has 0 amide bonds. The van der Waals surface area contributed by atoms with Gasteiger partial charge in [0.25, 0.3) is 0 Å². The molecule has 0 fully saturated rings. The number of nitrogens with one attached hydrogen (secondary N) is 1. The zero-order valence-electron chi connectivity index (χ0n) is 8.68. The molecule has 0 bridgehead atoms. The molecular formula is C12H9BrClFN2. The minimum absolute atomic E-state index is 0.336. The number of halogens is 3. The summed E-state index contributed by atoms with van der Waals surface area (Å²) in [5.74, 6) is -0.393. The third kappa shape index (κ3) is 3.11. The first-order valence-electron chi connectivity index (χ1n) is 4.83. The van der Waals surface area contributed by atoms with Crippen molar-refractivity contribution in [1.29, 1.82) is 0 Å². The molecule has 0 saturated carbocycles. The van der Waals surface area contributed by atoms with E-state index in [0.29, 0.717) is 22.1 Å². The van der Waals surface area contributed by atoms with E-state index in [0.717, 1.165) is 4.47 Å². The molecule has 2 rings (SSSR count). The number of nitrogens with two attached hydrogens (primary N) is 1. The van der Waals surface area contributed by atoms with E-state index in [-0.39, 0.29) is 0 Å². The van der Waals surface area contributed by atoms with Gasteiger partial charge in [0.05, 0.1) is 11.4 Å². The molecule has 0 heterocycles. The smallest absolute Gasteiger partial charge is 0.126 e. The zero-order chi connectivity index (χ0) is 12.4. The number of nitrogen functional groups attached to an aromatic ring is 1. The fourth-order valence-electron chi connectivity index (χ4n) is 1.43. The molecule has 0 aliphatic rings. The Morgan fingerprint density at radius 1 is 1.18 bits per heavy atom. The first kappa shape index (κ1) is 12.2. The van der Waals surface area contributed by atoms with Crippen LogP contribution in [0.2, 0.25) is 5.02 Å². The monoisotopic (exact) mass is 314 g/mol. The van der Waals surface area contributed by atoms with Crippen LogP contribution in [0.25, 0.3) is 0 Å². The van der Waals surface area contributed by atoms with Gasteiger partial charge < -0.3 is 11.1 Å². The molecule has 17 heavy (non-hydrogen) atoms. The van der Waals surface area contributed by atoms with Gasteiger partial charge in [-0.05, 0) is 36.4 Å². The van der Waals surface area contributed by atoms with Crippen LogP contribution in [-0.2, 0) is 0 Å². The lowest BCUT2D eigenvalue weighted by atomic mass is 10.2. The third-order valence-corrected chi connectivity index (χ3v) is 2.87. The molecule has 0 unspecified atom stereocenters. The van der Waals surface area contributed by atoms with Gasteiger partial charge in [-0.1, -0.05) is 27.5 Å². The van der Waals surface area contributed by atoms with Crippen molar-refractivity contribution in [2.75, 3.05) is 11.1 Å². The molecule has 0 radical (unpaired) electrons. The van der Waals surface area contributed by atoms with Crippen LogP contribution in [0.5, 0.6) is 0 Å². The molecule has 0 aliphatic heterocycles. The summed E-state index contributed by atoms with van der Waals surface area (Å²) in [6.07, 6.45) is 0. The Morgan fingerprint density at radius 3 is 2.59 bits per heavy atom. The molecule has 0 atom stereocenters. The SMILES string of the molecule is Nc1cc(Br)ccc1Nc1cc(F)cc(Cl)c1. The summed E-state index contributed by atoms with van der Waals surface area (Å²) in [5.41, 5.74) is 7.66. The highest BCUT2D eigenvalue weighted by atomic mass is 79.9. The fourth-order valence-corrected chi connectivity index (χ4v) is 2.03. The van der Waals surface area contributed by atoms with Crippen LogP contribution in [0.3, 0.4) is 0 Å². The largest absolute Gasteiger partial charge is 0.397 e. The Balaban J connectivity index is 2.31. The van der Waals surface area contributed by atoms with Crippen molar-refractivity contribution in [3.8, 4) is 0 Å². The number of anilines is 3. The summed E-state index contributed by atoms with van der Waals surface area (Å²) in [7, 11) is 0. The minimum Gasteiger partial charge on any atom is -0.397 e. The van der Waals surface area contributed by atoms with E-state index >= 15 is 0 Å². The topological polar surface area (TPSA) is 38.0 Å². The first-order valence-corrected chi connectivity index (χ1v) is 6.00. The van der Waals surface area contributed by atoms with Gasteiger partial charge in [-0.25, -0.2) is 4.39 Å². The second kappa shape index (κ2) is 4.94. The van der Waals surface area contributed by atoms with E-state index in [4.69, 9.17) is 17.3 Å². The average molecular weight is 316 g/mol. The van der Waals surface area contributed by atoms with Crippen LogP contribution in [0.4, 0.5) is 21.5 Å². The average Bonchev–Trinajstić information content (AvgIpc) is 2.21. The van der Waals surface area contributed by atoms with Crippen molar-refractivity contribution in [3.05, 3.63) is 51.7 Å². The number of hydrogen-bond donors (Lipinski definition) is 2. The highest BCUT2D eigenvalue weighted by Gasteiger charge is 2.03. The van der Waals surface area contributed by atoms with E-state index in [9.17, 15) is 4.39 Å². The van der Waals surface area contributed by atoms with Gasteiger partial charge in [-0.15, -0.1) is 0 Å². The summed E-state index contributed by atoms with van der Waals surface area (Å²) in [5, 5.41) is 3.35. The van der Waals surface area contributed by atoms with Crippen molar-refractivity contribution in [2.24, 2.45) is 0 Å². The van der Waals surface area contributed by atoms with Crippen LogP contribution in [0.15, 0.2) is 40.9 Å². The second-order valence-electron chi connectivity index (χ2n) is 3.51. The van der Waals surface area contributed by atoms with Gasteiger partial charge >= 0.3 is 0 Å².